The number of aromatic nitrogens is 1. The van der Waals surface area contributed by atoms with Gasteiger partial charge >= 0.3 is 6.18 Å². The zero-order valence-electron chi connectivity index (χ0n) is 10.4. The van der Waals surface area contributed by atoms with E-state index < -0.39 is 11.9 Å². The van der Waals surface area contributed by atoms with Gasteiger partial charge in [-0.3, -0.25) is 0 Å². The molecule has 4 nitrogen and oxygen atoms in total. The van der Waals surface area contributed by atoms with Crippen LogP contribution in [-0.4, -0.2) is 4.98 Å². The molecule has 2 rings (SSSR count). The Morgan fingerprint density at radius 2 is 1.95 bits per heavy atom. The molecule has 0 aliphatic carbocycles. The SMILES string of the molecule is N#Cc1cc(Br)ccc1Nc1cc(C(F)(F)F)ncc1N. The second-order valence-electron chi connectivity index (χ2n) is 4.08. The van der Waals surface area contributed by atoms with Crippen LogP contribution in [0, 0.1) is 11.3 Å². The summed E-state index contributed by atoms with van der Waals surface area (Å²) in [6.45, 7) is 0. The Kier molecular flexibility index (Phi) is 4.04. The van der Waals surface area contributed by atoms with E-state index in [4.69, 9.17) is 11.0 Å². The minimum Gasteiger partial charge on any atom is -0.396 e. The molecule has 0 aliphatic rings. The van der Waals surface area contributed by atoms with Crippen LogP contribution in [0.25, 0.3) is 0 Å². The lowest BCUT2D eigenvalue weighted by Crippen LogP contribution is -2.09. The highest BCUT2D eigenvalue weighted by Gasteiger charge is 2.33. The largest absolute Gasteiger partial charge is 0.433 e. The van der Waals surface area contributed by atoms with Crippen molar-refractivity contribution < 1.29 is 13.2 Å². The molecule has 0 saturated carbocycles. The molecule has 1 aromatic heterocycles. The van der Waals surface area contributed by atoms with Gasteiger partial charge in [0, 0.05) is 4.47 Å². The number of benzene rings is 1. The fourth-order valence-electron chi connectivity index (χ4n) is 1.59. The number of nitrogen functional groups attached to an aromatic ring is 1. The van der Waals surface area contributed by atoms with Crippen molar-refractivity contribution in [2.75, 3.05) is 11.1 Å². The molecule has 0 bridgehead atoms. The molecule has 108 valence electrons. The van der Waals surface area contributed by atoms with Crippen LogP contribution in [0.5, 0.6) is 0 Å². The maximum atomic E-state index is 12.6. The van der Waals surface area contributed by atoms with Crippen molar-refractivity contribution in [3.8, 4) is 6.07 Å². The lowest BCUT2D eigenvalue weighted by Gasteiger charge is -2.13. The van der Waals surface area contributed by atoms with Gasteiger partial charge in [0.15, 0.2) is 0 Å². The molecule has 0 radical (unpaired) electrons. The van der Waals surface area contributed by atoms with Crippen molar-refractivity contribution in [2.24, 2.45) is 0 Å². The molecule has 0 amide bonds. The van der Waals surface area contributed by atoms with E-state index in [0.717, 1.165) is 12.3 Å². The van der Waals surface area contributed by atoms with Crippen molar-refractivity contribution in [2.45, 2.75) is 6.18 Å². The Morgan fingerprint density at radius 3 is 2.57 bits per heavy atom. The topological polar surface area (TPSA) is 74.7 Å². The highest BCUT2D eigenvalue weighted by molar-refractivity contribution is 9.10. The first-order chi connectivity index (χ1) is 9.81. The highest BCUT2D eigenvalue weighted by Crippen LogP contribution is 2.33. The van der Waals surface area contributed by atoms with E-state index in [2.05, 4.69) is 26.2 Å². The maximum absolute atomic E-state index is 12.6. The molecular weight excluding hydrogens is 349 g/mol. The van der Waals surface area contributed by atoms with Gasteiger partial charge in [0.2, 0.25) is 0 Å². The van der Waals surface area contributed by atoms with Crippen LogP contribution < -0.4 is 11.1 Å². The summed E-state index contributed by atoms with van der Waals surface area (Å²) >= 11 is 3.21. The zero-order valence-corrected chi connectivity index (χ0v) is 12.0. The summed E-state index contributed by atoms with van der Waals surface area (Å²) in [7, 11) is 0. The normalized spacial score (nSPS) is 11.0. The number of hydrogen-bond donors (Lipinski definition) is 2. The predicted molar refractivity (Wildman–Crippen MR) is 75.8 cm³/mol. The van der Waals surface area contributed by atoms with Crippen molar-refractivity contribution >= 4 is 33.0 Å². The second-order valence-corrected chi connectivity index (χ2v) is 5.00. The third-order valence-electron chi connectivity index (χ3n) is 2.60. The number of nitriles is 1. The van der Waals surface area contributed by atoms with E-state index in [1.807, 2.05) is 6.07 Å². The molecule has 0 unspecified atom stereocenters. The Hall–Kier alpha value is -2.27. The molecule has 0 atom stereocenters. The molecule has 1 heterocycles. The van der Waals surface area contributed by atoms with Gasteiger partial charge in [-0.05, 0) is 24.3 Å². The fourth-order valence-corrected chi connectivity index (χ4v) is 1.95. The molecule has 2 aromatic rings. The first kappa shape index (κ1) is 15.1. The fraction of sp³-hybridized carbons (Fsp3) is 0.0769. The average Bonchev–Trinajstić information content (AvgIpc) is 2.41. The molecule has 1 aromatic carbocycles. The standard InChI is InChI=1S/C13H8BrF3N4/c14-8-1-2-10(7(3-8)5-18)21-11-4-12(13(15,16)17)20-6-9(11)19/h1-4,6H,19H2,(H,20,21). The van der Waals surface area contributed by atoms with E-state index in [9.17, 15) is 13.2 Å². The number of hydrogen-bond acceptors (Lipinski definition) is 4. The molecule has 0 aliphatic heterocycles. The first-order valence-electron chi connectivity index (χ1n) is 5.60. The average molecular weight is 357 g/mol. The van der Waals surface area contributed by atoms with Gasteiger partial charge in [0.05, 0.1) is 28.8 Å². The lowest BCUT2D eigenvalue weighted by molar-refractivity contribution is -0.141. The smallest absolute Gasteiger partial charge is 0.396 e. The van der Waals surface area contributed by atoms with Crippen LogP contribution in [-0.2, 0) is 6.18 Å². The summed E-state index contributed by atoms with van der Waals surface area (Å²) < 4.78 is 38.6. The molecule has 8 heteroatoms. The lowest BCUT2D eigenvalue weighted by atomic mass is 10.2. The summed E-state index contributed by atoms with van der Waals surface area (Å²) in [5.41, 5.74) is 5.27. The third kappa shape index (κ3) is 3.44. The Morgan fingerprint density at radius 1 is 1.24 bits per heavy atom. The van der Waals surface area contributed by atoms with E-state index in [0.29, 0.717) is 10.2 Å². The minimum absolute atomic E-state index is 0.0381. The van der Waals surface area contributed by atoms with Crippen molar-refractivity contribution in [3.05, 3.63) is 46.2 Å². The van der Waals surface area contributed by atoms with E-state index in [1.54, 1.807) is 18.2 Å². The zero-order chi connectivity index (χ0) is 15.6. The van der Waals surface area contributed by atoms with E-state index in [-0.39, 0.29) is 16.9 Å². The molecule has 21 heavy (non-hydrogen) atoms. The Bertz CT molecular complexity index is 722. The number of alkyl halides is 3. The predicted octanol–water partition coefficient (Wildman–Crippen LogP) is 4.06. The van der Waals surface area contributed by atoms with Crippen LogP contribution in [0.1, 0.15) is 11.3 Å². The van der Waals surface area contributed by atoms with Crippen molar-refractivity contribution in [1.29, 1.82) is 5.26 Å². The molecule has 3 N–H and O–H groups in total. The van der Waals surface area contributed by atoms with Crippen LogP contribution >= 0.6 is 15.9 Å². The number of halogens is 4. The van der Waals surface area contributed by atoms with Crippen LogP contribution in [0.3, 0.4) is 0 Å². The van der Waals surface area contributed by atoms with Gasteiger partial charge in [-0.2, -0.15) is 18.4 Å². The number of nitrogens with one attached hydrogen (secondary N) is 1. The Labute approximate surface area is 126 Å². The Balaban J connectivity index is 2.43. The summed E-state index contributed by atoms with van der Waals surface area (Å²) in [6.07, 6.45) is -3.64. The van der Waals surface area contributed by atoms with Gasteiger partial charge in [0.1, 0.15) is 11.8 Å². The van der Waals surface area contributed by atoms with Crippen LogP contribution in [0.4, 0.5) is 30.2 Å². The van der Waals surface area contributed by atoms with Crippen molar-refractivity contribution in [3.63, 3.8) is 0 Å². The summed E-state index contributed by atoms with van der Waals surface area (Å²) in [4.78, 5) is 3.25. The molecule has 0 fully saturated rings. The summed E-state index contributed by atoms with van der Waals surface area (Å²) in [5, 5.41) is 11.8. The molecule has 0 spiro atoms. The van der Waals surface area contributed by atoms with Gasteiger partial charge in [-0.1, -0.05) is 15.9 Å². The maximum Gasteiger partial charge on any atom is 0.433 e. The van der Waals surface area contributed by atoms with E-state index >= 15 is 0 Å². The van der Waals surface area contributed by atoms with Crippen LogP contribution in [0.15, 0.2) is 34.9 Å². The highest BCUT2D eigenvalue weighted by atomic mass is 79.9. The number of rotatable bonds is 2. The number of nitrogens with zero attached hydrogens (tertiary/aromatic N) is 2. The van der Waals surface area contributed by atoms with Gasteiger partial charge in [0.25, 0.3) is 0 Å². The molecular formula is C13H8BrF3N4. The van der Waals surface area contributed by atoms with Gasteiger partial charge in [-0.25, -0.2) is 4.98 Å². The monoisotopic (exact) mass is 356 g/mol. The molecule has 0 saturated heterocycles. The van der Waals surface area contributed by atoms with Crippen molar-refractivity contribution in [1.82, 2.24) is 4.98 Å². The number of pyridine rings is 1. The summed E-state index contributed by atoms with van der Waals surface area (Å²) in [6, 6.07) is 7.52. The summed E-state index contributed by atoms with van der Waals surface area (Å²) in [5.74, 6) is 0. The second kappa shape index (κ2) is 5.61. The van der Waals surface area contributed by atoms with Crippen LogP contribution in [0.2, 0.25) is 0 Å². The van der Waals surface area contributed by atoms with Gasteiger partial charge in [-0.15, -0.1) is 0 Å². The minimum atomic E-state index is -4.57. The third-order valence-corrected chi connectivity index (χ3v) is 3.09. The van der Waals surface area contributed by atoms with E-state index in [1.165, 1.54) is 0 Å². The quantitative estimate of drug-likeness (QED) is 0.850. The first-order valence-corrected chi connectivity index (χ1v) is 6.40. The number of anilines is 3. The number of nitrogens with two attached hydrogens (primary N) is 1. The van der Waals surface area contributed by atoms with Gasteiger partial charge < -0.3 is 11.1 Å².